The van der Waals surface area contributed by atoms with Crippen molar-refractivity contribution in [3.63, 3.8) is 0 Å². The van der Waals surface area contributed by atoms with Crippen molar-refractivity contribution in [1.29, 1.82) is 0 Å². The Labute approximate surface area is 166 Å². The maximum absolute atomic E-state index is 12.3. The Hall–Kier alpha value is -2.36. The van der Waals surface area contributed by atoms with Gasteiger partial charge in [-0.1, -0.05) is 23.5 Å². The van der Waals surface area contributed by atoms with E-state index in [1.54, 1.807) is 36.4 Å². The van der Waals surface area contributed by atoms with E-state index in [9.17, 15) is 9.59 Å². The van der Waals surface area contributed by atoms with Crippen molar-refractivity contribution in [1.82, 2.24) is 10.3 Å². The van der Waals surface area contributed by atoms with Gasteiger partial charge >= 0.3 is 5.97 Å². The van der Waals surface area contributed by atoms with Crippen LogP contribution in [0.3, 0.4) is 0 Å². The summed E-state index contributed by atoms with van der Waals surface area (Å²) < 4.78 is 6.19. The summed E-state index contributed by atoms with van der Waals surface area (Å²) in [4.78, 5) is 28.2. The topological polar surface area (TPSA) is 80.3 Å². The summed E-state index contributed by atoms with van der Waals surface area (Å²) in [6, 6.07) is 12.1. The predicted molar refractivity (Wildman–Crippen MR) is 109 cm³/mol. The molecular formula is C17H12BrN3O3S2. The van der Waals surface area contributed by atoms with Gasteiger partial charge in [0.2, 0.25) is 0 Å². The summed E-state index contributed by atoms with van der Waals surface area (Å²) in [5, 5.41) is 6.15. The molecule has 0 unspecified atom stereocenters. The molecule has 1 amide bonds. The molecule has 0 bridgehead atoms. The van der Waals surface area contributed by atoms with Crippen LogP contribution in [0, 0.1) is 0 Å². The van der Waals surface area contributed by atoms with E-state index in [1.165, 1.54) is 18.4 Å². The summed E-state index contributed by atoms with van der Waals surface area (Å²) in [5.74, 6) is -0.741. The second kappa shape index (κ2) is 7.90. The van der Waals surface area contributed by atoms with Crippen LogP contribution >= 0.6 is 39.5 Å². The number of benzene rings is 2. The molecule has 0 aliphatic rings. The lowest BCUT2D eigenvalue weighted by atomic mass is 10.2. The van der Waals surface area contributed by atoms with Gasteiger partial charge in [0.05, 0.1) is 28.5 Å². The van der Waals surface area contributed by atoms with Crippen LogP contribution in [0.15, 0.2) is 46.9 Å². The molecule has 0 atom stereocenters. The minimum absolute atomic E-state index is 0.137. The van der Waals surface area contributed by atoms with E-state index in [2.05, 4.69) is 31.5 Å². The molecule has 0 saturated carbocycles. The maximum atomic E-state index is 12.3. The number of anilines is 1. The molecule has 0 aliphatic carbocycles. The lowest BCUT2D eigenvalue weighted by molar-refractivity contribution is 0.0601. The Morgan fingerprint density at radius 2 is 2.00 bits per heavy atom. The smallest absolute Gasteiger partial charge is 0.337 e. The van der Waals surface area contributed by atoms with Gasteiger partial charge < -0.3 is 10.1 Å². The number of methoxy groups -OCH3 is 1. The molecule has 0 spiro atoms. The third-order valence-electron chi connectivity index (χ3n) is 3.38. The van der Waals surface area contributed by atoms with Crippen LogP contribution in [-0.2, 0) is 4.74 Å². The monoisotopic (exact) mass is 449 g/mol. The van der Waals surface area contributed by atoms with Crippen molar-refractivity contribution in [3.05, 3.63) is 58.1 Å². The van der Waals surface area contributed by atoms with E-state index in [0.29, 0.717) is 26.2 Å². The van der Waals surface area contributed by atoms with Gasteiger partial charge in [-0.25, -0.2) is 9.78 Å². The average Bonchev–Trinajstić information content (AvgIpc) is 3.02. The Kier molecular flexibility index (Phi) is 5.60. The lowest BCUT2D eigenvalue weighted by Gasteiger charge is -2.08. The number of halogens is 1. The summed E-state index contributed by atoms with van der Waals surface area (Å²) in [6.45, 7) is 0. The van der Waals surface area contributed by atoms with Crippen LogP contribution in [0.1, 0.15) is 20.7 Å². The number of nitrogens with one attached hydrogen (secondary N) is 2. The van der Waals surface area contributed by atoms with E-state index >= 15 is 0 Å². The van der Waals surface area contributed by atoms with Gasteiger partial charge in [-0.3, -0.25) is 10.1 Å². The van der Waals surface area contributed by atoms with Gasteiger partial charge in [-0.2, -0.15) is 0 Å². The molecule has 3 aromatic rings. The van der Waals surface area contributed by atoms with Crippen LogP contribution < -0.4 is 10.6 Å². The van der Waals surface area contributed by atoms with Crippen LogP contribution in [0.2, 0.25) is 0 Å². The number of carbonyl (C=O) groups excluding carboxylic acids is 2. The number of rotatable bonds is 3. The summed E-state index contributed by atoms with van der Waals surface area (Å²) in [5.41, 5.74) is 1.63. The van der Waals surface area contributed by atoms with Gasteiger partial charge in [-0.05, 0) is 58.5 Å². The SMILES string of the molecule is COC(=O)c1ccc2nc(NC(=S)NC(=O)c3ccccc3Br)sc2c1. The third-order valence-corrected chi connectivity index (χ3v) is 5.20. The van der Waals surface area contributed by atoms with Crippen LogP contribution in [0.4, 0.5) is 5.13 Å². The van der Waals surface area contributed by atoms with Gasteiger partial charge in [0.25, 0.3) is 5.91 Å². The van der Waals surface area contributed by atoms with Gasteiger partial charge in [0.1, 0.15) is 0 Å². The van der Waals surface area contributed by atoms with Crippen molar-refractivity contribution >= 4 is 71.8 Å². The zero-order chi connectivity index (χ0) is 18.7. The largest absolute Gasteiger partial charge is 0.465 e. The van der Waals surface area contributed by atoms with Gasteiger partial charge in [0, 0.05) is 4.47 Å². The van der Waals surface area contributed by atoms with Crippen molar-refractivity contribution in [3.8, 4) is 0 Å². The Morgan fingerprint density at radius 3 is 2.73 bits per heavy atom. The van der Waals surface area contributed by atoms with E-state index in [1.807, 2.05) is 6.07 Å². The fraction of sp³-hybridized carbons (Fsp3) is 0.0588. The molecule has 2 N–H and O–H groups in total. The summed E-state index contributed by atoms with van der Waals surface area (Å²) >= 11 is 9.82. The number of hydrogen-bond donors (Lipinski definition) is 2. The third kappa shape index (κ3) is 4.06. The quantitative estimate of drug-likeness (QED) is 0.465. The number of thiazole rings is 1. The van der Waals surface area contributed by atoms with E-state index < -0.39 is 5.97 Å². The number of aromatic nitrogens is 1. The van der Waals surface area contributed by atoms with Crippen LogP contribution in [0.5, 0.6) is 0 Å². The van der Waals surface area contributed by atoms with Crippen molar-refractivity contribution < 1.29 is 14.3 Å². The molecule has 26 heavy (non-hydrogen) atoms. The van der Waals surface area contributed by atoms with E-state index in [4.69, 9.17) is 17.0 Å². The Morgan fingerprint density at radius 1 is 1.23 bits per heavy atom. The van der Waals surface area contributed by atoms with Crippen molar-refractivity contribution in [2.24, 2.45) is 0 Å². The number of esters is 1. The Balaban J connectivity index is 1.72. The highest BCUT2D eigenvalue weighted by molar-refractivity contribution is 9.10. The van der Waals surface area contributed by atoms with E-state index in [-0.39, 0.29) is 11.0 Å². The van der Waals surface area contributed by atoms with Crippen molar-refractivity contribution in [2.45, 2.75) is 0 Å². The molecule has 9 heteroatoms. The second-order valence-electron chi connectivity index (χ2n) is 5.08. The highest BCUT2D eigenvalue weighted by Gasteiger charge is 2.13. The Bertz CT molecular complexity index is 1020. The highest BCUT2D eigenvalue weighted by Crippen LogP contribution is 2.27. The predicted octanol–water partition coefficient (Wildman–Crippen LogP) is 3.97. The zero-order valence-corrected chi connectivity index (χ0v) is 16.6. The summed E-state index contributed by atoms with van der Waals surface area (Å²) in [6.07, 6.45) is 0. The number of nitrogens with zero attached hydrogens (tertiary/aromatic N) is 1. The zero-order valence-electron chi connectivity index (χ0n) is 13.4. The van der Waals surface area contributed by atoms with Gasteiger partial charge in [0.15, 0.2) is 10.2 Å². The fourth-order valence-corrected chi connectivity index (χ4v) is 3.80. The number of ether oxygens (including phenoxy) is 1. The molecule has 0 radical (unpaired) electrons. The first kappa shape index (κ1) is 18.4. The minimum atomic E-state index is -0.411. The van der Waals surface area contributed by atoms with Crippen molar-refractivity contribution in [2.75, 3.05) is 12.4 Å². The number of amides is 1. The standard InChI is InChI=1S/C17H12BrN3O3S2/c1-24-15(23)9-6-7-12-13(8-9)26-17(19-12)21-16(25)20-14(22)10-4-2-3-5-11(10)18/h2-8H,1H3,(H2,19,20,21,22,25). The minimum Gasteiger partial charge on any atom is -0.465 e. The molecule has 1 heterocycles. The second-order valence-corrected chi connectivity index (χ2v) is 7.37. The van der Waals surface area contributed by atoms with Gasteiger partial charge in [-0.15, -0.1) is 0 Å². The molecule has 6 nitrogen and oxygen atoms in total. The first-order valence-electron chi connectivity index (χ1n) is 7.33. The molecule has 3 rings (SSSR count). The number of carbonyl (C=O) groups is 2. The fourth-order valence-electron chi connectivity index (χ4n) is 2.17. The molecule has 0 aliphatic heterocycles. The molecule has 132 valence electrons. The molecule has 0 fully saturated rings. The molecule has 0 saturated heterocycles. The highest BCUT2D eigenvalue weighted by atomic mass is 79.9. The number of hydrogen-bond acceptors (Lipinski definition) is 6. The molecule has 1 aromatic heterocycles. The van der Waals surface area contributed by atoms with Crippen LogP contribution in [0.25, 0.3) is 10.2 Å². The number of thiocarbonyl (C=S) groups is 1. The lowest BCUT2D eigenvalue weighted by Crippen LogP contribution is -2.34. The first-order chi connectivity index (χ1) is 12.5. The normalized spacial score (nSPS) is 10.4. The maximum Gasteiger partial charge on any atom is 0.337 e. The van der Waals surface area contributed by atoms with E-state index in [0.717, 1.165) is 4.70 Å². The summed E-state index contributed by atoms with van der Waals surface area (Å²) in [7, 11) is 1.33. The first-order valence-corrected chi connectivity index (χ1v) is 9.35. The number of fused-ring (bicyclic) bond motifs is 1. The van der Waals surface area contributed by atoms with Crippen LogP contribution in [-0.4, -0.2) is 29.1 Å². The molecule has 2 aromatic carbocycles. The molecular weight excluding hydrogens is 438 g/mol. The average molecular weight is 450 g/mol.